The molecule has 0 unspecified atom stereocenters. The van der Waals surface area contributed by atoms with Crippen LogP contribution in [0.5, 0.6) is 0 Å². The molecule has 1 aliphatic rings. The van der Waals surface area contributed by atoms with Gasteiger partial charge in [-0.1, -0.05) is 145 Å². The predicted molar refractivity (Wildman–Crippen MR) is 179 cm³/mol. The molecule has 0 aliphatic carbocycles. The summed E-state index contributed by atoms with van der Waals surface area (Å²) in [5.41, 5.74) is 10.1. The summed E-state index contributed by atoms with van der Waals surface area (Å²) >= 11 is 0. The lowest BCUT2D eigenvalue weighted by Crippen LogP contribution is -2.24. The lowest BCUT2D eigenvalue weighted by atomic mass is 9.81. The summed E-state index contributed by atoms with van der Waals surface area (Å²) in [6.45, 7) is 14.2. The Balaban J connectivity index is 1.86. The van der Waals surface area contributed by atoms with Gasteiger partial charge in [-0.2, -0.15) is 0 Å². The minimum absolute atomic E-state index is 0.0563. The van der Waals surface area contributed by atoms with E-state index in [2.05, 4.69) is 163 Å². The van der Waals surface area contributed by atoms with Crippen LogP contribution in [-0.2, 0) is 6.42 Å². The van der Waals surface area contributed by atoms with Gasteiger partial charge in [-0.25, -0.2) is 0 Å². The maximum absolute atomic E-state index is 7.88. The second-order valence-corrected chi connectivity index (χ2v) is 13.2. The number of benzene rings is 3. The molecule has 1 atom stereocenters. The van der Waals surface area contributed by atoms with E-state index in [0.717, 1.165) is 18.5 Å². The number of nitrogens with zero attached hydrogens (tertiary/aromatic N) is 1. The molecule has 3 aromatic carbocycles. The van der Waals surface area contributed by atoms with Crippen LogP contribution in [0.1, 0.15) is 69.7 Å². The zero-order valence-electron chi connectivity index (χ0n) is 25.9. The lowest BCUT2D eigenvalue weighted by Gasteiger charge is -2.30. The number of hydrogen-bond donors (Lipinski definition) is 1. The van der Waals surface area contributed by atoms with Gasteiger partial charge in [0.15, 0.2) is 0 Å². The van der Waals surface area contributed by atoms with Crippen molar-refractivity contribution in [2.75, 3.05) is 13.6 Å². The van der Waals surface area contributed by atoms with E-state index < -0.39 is 0 Å². The average Bonchev–Trinajstić information content (AvgIpc) is 2.93. The number of likely N-dealkylation sites (N-methyl/N-ethyl adjacent to an activating group) is 1. The number of hydrogen-bond acceptors (Lipinski definition) is 2. The molecule has 0 fully saturated rings. The average molecular weight is 543 g/mol. The van der Waals surface area contributed by atoms with Gasteiger partial charge in [0.05, 0.1) is 0 Å². The first-order chi connectivity index (χ1) is 19.5. The summed E-state index contributed by atoms with van der Waals surface area (Å²) in [5.74, 6) is 0.193. The smallest absolute Gasteiger partial charge is 0.0279 e. The molecule has 0 aromatic heterocycles. The Morgan fingerprint density at radius 3 is 2.24 bits per heavy atom. The number of rotatable bonds is 5. The van der Waals surface area contributed by atoms with Gasteiger partial charge in [0, 0.05) is 31.9 Å². The fourth-order valence-electron chi connectivity index (χ4n) is 5.42. The maximum Gasteiger partial charge on any atom is 0.0279 e. The van der Waals surface area contributed by atoms with Crippen LogP contribution >= 0.6 is 0 Å². The molecule has 0 radical (unpaired) electrons. The summed E-state index contributed by atoms with van der Waals surface area (Å²) in [6.07, 6.45) is 15.7. The molecule has 0 saturated heterocycles. The van der Waals surface area contributed by atoms with Crippen molar-refractivity contribution in [1.82, 2.24) is 4.90 Å². The molecule has 4 rings (SSSR count). The SMILES string of the molecule is CN1/C=C(C(C)(C)C)\C=C/Cc2cc(-c3ccccc3)ccc2[C@@H](c2ccccc2/C=C/C=C(\C=N)C(C)(C)C)C1. The normalized spacial score (nSPS) is 18.9. The van der Waals surface area contributed by atoms with Gasteiger partial charge in [0.2, 0.25) is 0 Å². The van der Waals surface area contributed by atoms with Crippen LogP contribution in [-0.4, -0.2) is 24.7 Å². The number of nitrogens with one attached hydrogen (secondary N) is 1. The van der Waals surface area contributed by atoms with Gasteiger partial charge < -0.3 is 10.3 Å². The summed E-state index contributed by atoms with van der Waals surface area (Å²) in [6, 6.07) is 26.5. The van der Waals surface area contributed by atoms with E-state index in [1.807, 2.05) is 0 Å². The number of allylic oxidation sites excluding steroid dienone is 6. The van der Waals surface area contributed by atoms with Gasteiger partial charge in [-0.15, -0.1) is 0 Å². The summed E-state index contributed by atoms with van der Waals surface area (Å²) in [5, 5.41) is 7.88. The van der Waals surface area contributed by atoms with Crippen molar-refractivity contribution in [3.8, 4) is 11.1 Å². The Bertz CT molecular complexity index is 1470. The topological polar surface area (TPSA) is 27.1 Å². The van der Waals surface area contributed by atoms with Crippen LogP contribution in [0, 0.1) is 16.2 Å². The molecule has 0 saturated carbocycles. The fraction of sp³-hybridized carbons (Fsp3) is 0.308. The highest BCUT2D eigenvalue weighted by Crippen LogP contribution is 2.36. The third-order valence-corrected chi connectivity index (χ3v) is 7.90. The molecule has 212 valence electrons. The Hall–Kier alpha value is -3.91. The highest BCUT2D eigenvalue weighted by Gasteiger charge is 2.23. The Morgan fingerprint density at radius 2 is 1.56 bits per heavy atom. The Labute approximate surface area is 248 Å². The molecule has 3 aromatic rings. The standard InChI is InChI=1S/C39H46N2/c1-38(2,3)33(26-40)20-13-18-30-17-11-12-22-35(30)37-28-41(7)27-34(39(4,5)6)21-14-19-32-25-31(23-24-36(32)37)29-15-9-8-10-16-29/h8-18,20-27,37,40H,19,28H2,1-7H3/b18-13+,21-14-,33-20+,34-27+,40-26?/t37-/m1/s1. The summed E-state index contributed by atoms with van der Waals surface area (Å²) in [4.78, 5) is 2.36. The van der Waals surface area contributed by atoms with E-state index >= 15 is 0 Å². The molecule has 1 N–H and O–H groups in total. The second-order valence-electron chi connectivity index (χ2n) is 13.2. The van der Waals surface area contributed by atoms with Crippen molar-refractivity contribution in [3.63, 3.8) is 0 Å². The maximum atomic E-state index is 7.88. The van der Waals surface area contributed by atoms with E-state index in [9.17, 15) is 0 Å². The molecule has 0 bridgehead atoms. The molecule has 0 amide bonds. The highest BCUT2D eigenvalue weighted by atomic mass is 15.1. The van der Waals surface area contributed by atoms with Gasteiger partial charge in [-0.05, 0) is 61.8 Å². The van der Waals surface area contributed by atoms with Gasteiger partial charge >= 0.3 is 0 Å². The predicted octanol–water partition coefficient (Wildman–Crippen LogP) is 10.1. The van der Waals surface area contributed by atoms with Crippen molar-refractivity contribution in [2.24, 2.45) is 10.8 Å². The zero-order valence-corrected chi connectivity index (χ0v) is 25.9. The first-order valence-electron chi connectivity index (χ1n) is 14.7. The third-order valence-electron chi connectivity index (χ3n) is 7.90. The van der Waals surface area contributed by atoms with Gasteiger partial charge in [-0.3, -0.25) is 0 Å². The molecule has 1 aliphatic heterocycles. The first kappa shape index (κ1) is 30.1. The highest BCUT2D eigenvalue weighted by molar-refractivity contribution is 5.78. The number of fused-ring (bicyclic) bond motifs is 1. The molecule has 2 nitrogen and oxygen atoms in total. The van der Waals surface area contributed by atoms with Crippen molar-refractivity contribution in [3.05, 3.63) is 137 Å². The largest absolute Gasteiger partial charge is 0.379 e. The van der Waals surface area contributed by atoms with Crippen LogP contribution in [0.4, 0.5) is 0 Å². The lowest BCUT2D eigenvalue weighted by molar-refractivity contribution is 0.413. The Morgan fingerprint density at radius 1 is 0.854 bits per heavy atom. The van der Waals surface area contributed by atoms with Gasteiger partial charge in [0.1, 0.15) is 0 Å². The van der Waals surface area contributed by atoms with E-state index in [1.165, 1.54) is 45.2 Å². The molecular weight excluding hydrogens is 496 g/mol. The fourth-order valence-corrected chi connectivity index (χ4v) is 5.42. The van der Waals surface area contributed by atoms with Crippen molar-refractivity contribution >= 4 is 12.3 Å². The monoisotopic (exact) mass is 542 g/mol. The Kier molecular flexibility index (Phi) is 9.33. The van der Waals surface area contributed by atoms with E-state index in [1.54, 1.807) is 0 Å². The molecule has 1 heterocycles. The van der Waals surface area contributed by atoms with Crippen LogP contribution in [0.2, 0.25) is 0 Å². The van der Waals surface area contributed by atoms with Crippen LogP contribution in [0.3, 0.4) is 0 Å². The molecule has 2 heteroatoms. The quantitative estimate of drug-likeness (QED) is 0.252. The van der Waals surface area contributed by atoms with E-state index in [0.29, 0.717) is 0 Å². The van der Waals surface area contributed by atoms with Crippen LogP contribution < -0.4 is 0 Å². The van der Waals surface area contributed by atoms with Crippen LogP contribution in [0.25, 0.3) is 17.2 Å². The third kappa shape index (κ3) is 7.64. The molecule has 0 spiro atoms. The van der Waals surface area contributed by atoms with Crippen LogP contribution in [0.15, 0.2) is 114 Å². The minimum Gasteiger partial charge on any atom is -0.379 e. The van der Waals surface area contributed by atoms with Gasteiger partial charge in [0.25, 0.3) is 0 Å². The van der Waals surface area contributed by atoms with Crippen molar-refractivity contribution in [1.29, 1.82) is 5.41 Å². The van der Waals surface area contributed by atoms with Crippen molar-refractivity contribution in [2.45, 2.75) is 53.9 Å². The van der Waals surface area contributed by atoms with E-state index in [-0.39, 0.29) is 16.7 Å². The summed E-state index contributed by atoms with van der Waals surface area (Å²) in [7, 11) is 2.20. The second kappa shape index (κ2) is 12.7. The zero-order chi connectivity index (χ0) is 29.6. The molecule has 41 heavy (non-hydrogen) atoms. The van der Waals surface area contributed by atoms with Crippen molar-refractivity contribution < 1.29 is 0 Å². The minimum atomic E-state index is -0.0649. The summed E-state index contributed by atoms with van der Waals surface area (Å²) < 4.78 is 0. The molecular formula is C39H46N2. The first-order valence-corrected chi connectivity index (χ1v) is 14.7. The van der Waals surface area contributed by atoms with E-state index in [4.69, 9.17) is 5.41 Å².